The number of hydrogen-bond acceptors (Lipinski definition) is 4. The molecule has 6 heteroatoms. The van der Waals surface area contributed by atoms with E-state index in [9.17, 15) is 14.7 Å². The lowest BCUT2D eigenvalue weighted by Crippen LogP contribution is -2.49. The lowest BCUT2D eigenvalue weighted by Gasteiger charge is -2.31. The Balaban J connectivity index is 1.87. The van der Waals surface area contributed by atoms with E-state index in [0.29, 0.717) is 25.9 Å². The first-order chi connectivity index (χ1) is 9.08. The predicted octanol–water partition coefficient (Wildman–Crippen LogP) is 0.381. The first-order valence-electron chi connectivity index (χ1n) is 6.39. The average molecular weight is 266 g/mol. The van der Waals surface area contributed by atoms with Crippen LogP contribution in [0.2, 0.25) is 0 Å². The molecule has 0 aromatic carbocycles. The Labute approximate surface area is 111 Å². The predicted molar refractivity (Wildman–Crippen MR) is 67.5 cm³/mol. The topological polar surface area (TPSA) is 82.8 Å². The van der Waals surface area contributed by atoms with Crippen LogP contribution in [0.3, 0.4) is 0 Å². The molecule has 1 fully saturated rings. The second-order valence-electron chi connectivity index (χ2n) is 4.73. The van der Waals surface area contributed by atoms with Crippen molar-refractivity contribution in [3.63, 3.8) is 0 Å². The van der Waals surface area contributed by atoms with E-state index < -0.39 is 11.9 Å². The summed E-state index contributed by atoms with van der Waals surface area (Å²) in [6, 6.07) is 2.56. The number of hydrogen-bond donors (Lipinski definition) is 2. The molecule has 0 radical (unpaired) electrons. The van der Waals surface area contributed by atoms with Crippen molar-refractivity contribution >= 4 is 11.8 Å². The molecule has 2 N–H and O–H groups in total. The molecule has 1 aromatic rings. The van der Waals surface area contributed by atoms with Crippen LogP contribution in [0.5, 0.6) is 0 Å². The van der Waals surface area contributed by atoms with E-state index in [1.165, 1.54) is 6.26 Å². The number of carbonyl (C=O) groups excluding carboxylic acids is 2. The highest BCUT2D eigenvalue weighted by molar-refractivity contribution is 5.95. The monoisotopic (exact) mass is 266 g/mol. The highest BCUT2D eigenvalue weighted by Gasteiger charge is 2.26. The quantitative estimate of drug-likeness (QED) is 0.828. The molecule has 0 bridgehead atoms. The minimum atomic E-state index is -0.604. The van der Waals surface area contributed by atoms with E-state index in [1.54, 1.807) is 24.0 Å². The molecule has 1 aliphatic rings. The molecule has 1 atom stereocenters. The van der Waals surface area contributed by atoms with Crippen LogP contribution in [0.1, 0.15) is 30.3 Å². The van der Waals surface area contributed by atoms with Gasteiger partial charge in [-0.1, -0.05) is 0 Å². The van der Waals surface area contributed by atoms with Crippen LogP contribution in [-0.2, 0) is 4.79 Å². The van der Waals surface area contributed by atoms with Gasteiger partial charge in [0.15, 0.2) is 5.76 Å². The number of carbonyl (C=O) groups is 2. The standard InChI is InChI=1S/C13H18N2O4/c1-9(14-12(17)11-3-2-8-19-11)13(18)15-6-4-10(16)5-7-15/h2-3,8-10,16H,4-7H2,1H3,(H,14,17). The van der Waals surface area contributed by atoms with E-state index in [-0.39, 0.29) is 17.8 Å². The van der Waals surface area contributed by atoms with Gasteiger partial charge in [0.25, 0.3) is 5.91 Å². The fraction of sp³-hybridized carbons (Fsp3) is 0.538. The molecule has 1 aliphatic heterocycles. The summed E-state index contributed by atoms with van der Waals surface area (Å²) < 4.78 is 4.97. The summed E-state index contributed by atoms with van der Waals surface area (Å²) in [5.74, 6) is -0.344. The van der Waals surface area contributed by atoms with Crippen molar-refractivity contribution in [2.24, 2.45) is 0 Å². The maximum Gasteiger partial charge on any atom is 0.287 e. The van der Waals surface area contributed by atoms with Gasteiger partial charge in [-0.3, -0.25) is 9.59 Å². The number of nitrogens with one attached hydrogen (secondary N) is 1. The molecule has 1 aromatic heterocycles. The lowest BCUT2D eigenvalue weighted by molar-refractivity contribution is -0.134. The molecule has 1 saturated heterocycles. The zero-order valence-corrected chi connectivity index (χ0v) is 10.8. The summed E-state index contributed by atoms with van der Waals surface area (Å²) in [5.41, 5.74) is 0. The number of amides is 2. The first kappa shape index (κ1) is 13.6. The van der Waals surface area contributed by atoms with Gasteiger partial charge in [-0.15, -0.1) is 0 Å². The summed E-state index contributed by atoms with van der Waals surface area (Å²) in [4.78, 5) is 25.5. The van der Waals surface area contributed by atoms with E-state index >= 15 is 0 Å². The van der Waals surface area contributed by atoms with Gasteiger partial charge >= 0.3 is 0 Å². The van der Waals surface area contributed by atoms with Gasteiger partial charge in [-0.05, 0) is 31.9 Å². The SMILES string of the molecule is CC(NC(=O)c1ccco1)C(=O)N1CCC(O)CC1. The third-order valence-corrected chi connectivity index (χ3v) is 3.24. The van der Waals surface area contributed by atoms with Crippen molar-refractivity contribution < 1.29 is 19.1 Å². The normalized spacial score (nSPS) is 18.1. The Bertz CT molecular complexity index is 436. The first-order valence-corrected chi connectivity index (χ1v) is 6.39. The number of aliphatic hydroxyl groups excluding tert-OH is 1. The minimum Gasteiger partial charge on any atom is -0.459 e. The highest BCUT2D eigenvalue weighted by Crippen LogP contribution is 2.11. The Morgan fingerprint density at radius 2 is 2.16 bits per heavy atom. The van der Waals surface area contributed by atoms with Gasteiger partial charge < -0.3 is 19.7 Å². The fourth-order valence-corrected chi connectivity index (χ4v) is 2.10. The van der Waals surface area contributed by atoms with Crippen LogP contribution in [0, 0.1) is 0 Å². The van der Waals surface area contributed by atoms with Gasteiger partial charge in [-0.2, -0.15) is 0 Å². The summed E-state index contributed by atoms with van der Waals surface area (Å²) >= 11 is 0. The molecule has 104 valence electrons. The van der Waals surface area contributed by atoms with Gasteiger partial charge in [0.05, 0.1) is 12.4 Å². The van der Waals surface area contributed by atoms with Crippen molar-refractivity contribution in [2.75, 3.05) is 13.1 Å². The molecule has 2 heterocycles. The maximum atomic E-state index is 12.1. The number of furan rings is 1. The van der Waals surface area contributed by atoms with Crippen molar-refractivity contribution in [3.05, 3.63) is 24.2 Å². The van der Waals surface area contributed by atoms with Crippen LogP contribution < -0.4 is 5.32 Å². The molecule has 19 heavy (non-hydrogen) atoms. The lowest BCUT2D eigenvalue weighted by atomic mass is 10.1. The van der Waals surface area contributed by atoms with Gasteiger partial charge in [0.2, 0.25) is 5.91 Å². The van der Waals surface area contributed by atoms with Crippen LogP contribution in [0.15, 0.2) is 22.8 Å². The van der Waals surface area contributed by atoms with Crippen molar-refractivity contribution in [2.45, 2.75) is 31.9 Å². The van der Waals surface area contributed by atoms with Gasteiger partial charge in [0, 0.05) is 13.1 Å². The summed E-state index contributed by atoms with van der Waals surface area (Å²) in [6.45, 7) is 2.70. The van der Waals surface area contributed by atoms with E-state index in [2.05, 4.69) is 5.32 Å². The van der Waals surface area contributed by atoms with Crippen LogP contribution in [0.25, 0.3) is 0 Å². The van der Waals surface area contributed by atoms with E-state index in [0.717, 1.165) is 0 Å². The molecule has 0 aliphatic carbocycles. The van der Waals surface area contributed by atoms with E-state index in [1.807, 2.05) is 0 Å². The Morgan fingerprint density at radius 1 is 1.47 bits per heavy atom. The van der Waals surface area contributed by atoms with Gasteiger partial charge in [-0.25, -0.2) is 0 Å². The second kappa shape index (κ2) is 5.88. The molecule has 0 saturated carbocycles. The minimum absolute atomic E-state index is 0.133. The molecule has 0 spiro atoms. The molecular weight excluding hydrogens is 248 g/mol. The van der Waals surface area contributed by atoms with Crippen LogP contribution >= 0.6 is 0 Å². The highest BCUT2D eigenvalue weighted by atomic mass is 16.3. The van der Waals surface area contributed by atoms with Crippen molar-refractivity contribution in [1.82, 2.24) is 10.2 Å². The number of piperidine rings is 1. The Hall–Kier alpha value is -1.82. The smallest absolute Gasteiger partial charge is 0.287 e. The zero-order valence-electron chi connectivity index (χ0n) is 10.8. The largest absolute Gasteiger partial charge is 0.459 e. The average Bonchev–Trinajstić information content (AvgIpc) is 2.92. The number of rotatable bonds is 3. The second-order valence-corrected chi connectivity index (χ2v) is 4.73. The Kier molecular flexibility index (Phi) is 4.21. The van der Waals surface area contributed by atoms with Crippen LogP contribution in [-0.4, -0.2) is 47.1 Å². The molecular formula is C13H18N2O4. The molecule has 2 amide bonds. The van der Waals surface area contributed by atoms with Crippen molar-refractivity contribution in [3.8, 4) is 0 Å². The fourth-order valence-electron chi connectivity index (χ4n) is 2.10. The third kappa shape index (κ3) is 3.35. The number of nitrogens with zero attached hydrogens (tertiary/aromatic N) is 1. The van der Waals surface area contributed by atoms with E-state index in [4.69, 9.17) is 4.42 Å². The summed E-state index contributed by atoms with van der Waals surface area (Å²) in [7, 11) is 0. The number of likely N-dealkylation sites (tertiary alicyclic amines) is 1. The molecule has 6 nitrogen and oxygen atoms in total. The summed E-state index contributed by atoms with van der Waals surface area (Å²) in [6.07, 6.45) is 2.26. The molecule has 1 unspecified atom stereocenters. The van der Waals surface area contributed by atoms with Crippen molar-refractivity contribution in [1.29, 1.82) is 0 Å². The van der Waals surface area contributed by atoms with Gasteiger partial charge in [0.1, 0.15) is 6.04 Å². The molecule has 2 rings (SSSR count). The number of aliphatic hydroxyl groups is 1. The Morgan fingerprint density at radius 3 is 2.74 bits per heavy atom. The maximum absolute atomic E-state index is 12.1. The third-order valence-electron chi connectivity index (χ3n) is 3.24. The summed E-state index contributed by atoms with van der Waals surface area (Å²) in [5, 5.41) is 12.0. The van der Waals surface area contributed by atoms with Crippen LogP contribution in [0.4, 0.5) is 0 Å². The zero-order chi connectivity index (χ0) is 13.8.